The first-order valence-electron chi connectivity index (χ1n) is 5.28. The molecule has 0 amide bonds. The molecular formula is C11H13N3O3S. The number of rotatable bonds is 4. The Balaban J connectivity index is 2.27. The molecule has 3 N–H and O–H groups in total. The maximum atomic E-state index is 11.9. The van der Waals surface area contributed by atoms with Crippen molar-refractivity contribution in [3.63, 3.8) is 0 Å². The van der Waals surface area contributed by atoms with Crippen molar-refractivity contribution < 1.29 is 13.5 Å². The van der Waals surface area contributed by atoms with Crippen LogP contribution in [0.3, 0.4) is 0 Å². The van der Waals surface area contributed by atoms with E-state index in [1.165, 1.54) is 12.5 Å². The minimum absolute atomic E-state index is 0.00931. The number of aliphatic hydroxyl groups is 1. The third-order valence-corrected chi connectivity index (χ3v) is 3.69. The van der Waals surface area contributed by atoms with E-state index >= 15 is 0 Å². The van der Waals surface area contributed by atoms with Crippen molar-refractivity contribution in [3.8, 4) is 0 Å². The number of sulfonamides is 1. The summed E-state index contributed by atoms with van der Waals surface area (Å²) in [4.78, 5) is 6.19. The molecular weight excluding hydrogens is 254 g/mol. The Morgan fingerprint density at radius 1 is 1.44 bits per heavy atom. The SMILES string of the molecule is CC(O)c1cccc(NS(=O)(=O)c2cnc[nH]2)c1. The van der Waals surface area contributed by atoms with Crippen LogP contribution in [-0.2, 0) is 10.0 Å². The number of nitrogens with one attached hydrogen (secondary N) is 2. The highest BCUT2D eigenvalue weighted by Gasteiger charge is 2.15. The fourth-order valence-corrected chi connectivity index (χ4v) is 2.42. The maximum absolute atomic E-state index is 11.9. The zero-order valence-electron chi connectivity index (χ0n) is 9.66. The van der Waals surface area contributed by atoms with E-state index in [0.717, 1.165) is 0 Å². The molecule has 1 atom stereocenters. The van der Waals surface area contributed by atoms with Gasteiger partial charge >= 0.3 is 0 Å². The lowest BCUT2D eigenvalue weighted by atomic mass is 10.1. The maximum Gasteiger partial charge on any atom is 0.278 e. The lowest BCUT2D eigenvalue weighted by Crippen LogP contribution is -2.13. The Kier molecular flexibility index (Phi) is 3.35. The van der Waals surface area contributed by atoms with Gasteiger partial charge in [-0.3, -0.25) is 4.72 Å². The van der Waals surface area contributed by atoms with Crippen molar-refractivity contribution in [1.82, 2.24) is 9.97 Å². The van der Waals surface area contributed by atoms with Crippen molar-refractivity contribution in [2.75, 3.05) is 4.72 Å². The molecule has 0 spiro atoms. The smallest absolute Gasteiger partial charge is 0.278 e. The summed E-state index contributed by atoms with van der Waals surface area (Å²) in [6, 6.07) is 6.59. The lowest BCUT2D eigenvalue weighted by Gasteiger charge is -2.09. The molecule has 0 fully saturated rings. The zero-order valence-corrected chi connectivity index (χ0v) is 10.5. The molecule has 0 bridgehead atoms. The first kappa shape index (κ1) is 12.6. The summed E-state index contributed by atoms with van der Waals surface area (Å²) in [7, 11) is -3.66. The minimum atomic E-state index is -3.66. The van der Waals surface area contributed by atoms with Crippen LogP contribution in [0.2, 0.25) is 0 Å². The fraction of sp³-hybridized carbons (Fsp3) is 0.182. The van der Waals surface area contributed by atoms with Crippen LogP contribution in [0.25, 0.3) is 0 Å². The number of hydrogen-bond acceptors (Lipinski definition) is 4. The average Bonchev–Trinajstić information content (AvgIpc) is 2.82. The molecule has 0 aliphatic heterocycles. The van der Waals surface area contributed by atoms with Crippen LogP contribution in [0.5, 0.6) is 0 Å². The molecule has 7 heteroatoms. The first-order valence-corrected chi connectivity index (χ1v) is 6.76. The Labute approximate surface area is 105 Å². The van der Waals surface area contributed by atoms with Gasteiger partial charge in [0.2, 0.25) is 0 Å². The molecule has 1 aromatic heterocycles. The van der Waals surface area contributed by atoms with Gasteiger partial charge < -0.3 is 10.1 Å². The third kappa shape index (κ3) is 2.69. The predicted octanol–water partition coefficient (Wildman–Crippen LogP) is 1.26. The molecule has 0 aliphatic carbocycles. The van der Waals surface area contributed by atoms with Gasteiger partial charge in [0.1, 0.15) is 0 Å². The van der Waals surface area contributed by atoms with E-state index < -0.39 is 16.1 Å². The van der Waals surface area contributed by atoms with E-state index in [4.69, 9.17) is 0 Å². The summed E-state index contributed by atoms with van der Waals surface area (Å²) in [5, 5.41) is 9.43. The Morgan fingerprint density at radius 3 is 2.83 bits per heavy atom. The molecule has 96 valence electrons. The Bertz CT molecular complexity index is 621. The molecule has 0 saturated heterocycles. The molecule has 18 heavy (non-hydrogen) atoms. The van der Waals surface area contributed by atoms with E-state index in [1.54, 1.807) is 31.2 Å². The number of benzene rings is 1. The van der Waals surface area contributed by atoms with Crippen LogP contribution in [0.1, 0.15) is 18.6 Å². The molecule has 1 aromatic carbocycles. The van der Waals surface area contributed by atoms with Crippen LogP contribution in [0.15, 0.2) is 41.8 Å². The number of aliphatic hydroxyl groups excluding tert-OH is 1. The summed E-state index contributed by atoms with van der Waals surface area (Å²) >= 11 is 0. The molecule has 2 aromatic rings. The molecule has 1 unspecified atom stereocenters. The van der Waals surface area contributed by atoms with Gasteiger partial charge in [-0.25, -0.2) is 4.98 Å². The van der Waals surface area contributed by atoms with Gasteiger partial charge in [0.05, 0.1) is 18.6 Å². The quantitative estimate of drug-likeness (QED) is 0.777. The van der Waals surface area contributed by atoms with Crippen LogP contribution in [0.4, 0.5) is 5.69 Å². The van der Waals surface area contributed by atoms with Crippen molar-refractivity contribution >= 4 is 15.7 Å². The standard InChI is InChI=1S/C11H13N3O3S/c1-8(15)9-3-2-4-10(5-9)14-18(16,17)11-6-12-7-13-11/h2-8,14-15H,1H3,(H,12,13). The number of aromatic amines is 1. The largest absolute Gasteiger partial charge is 0.389 e. The molecule has 0 aliphatic rings. The number of imidazole rings is 1. The second kappa shape index (κ2) is 4.79. The van der Waals surface area contributed by atoms with Gasteiger partial charge in [-0.1, -0.05) is 12.1 Å². The number of hydrogen-bond donors (Lipinski definition) is 3. The lowest BCUT2D eigenvalue weighted by molar-refractivity contribution is 0.199. The average molecular weight is 267 g/mol. The second-order valence-electron chi connectivity index (χ2n) is 3.82. The fourth-order valence-electron chi connectivity index (χ4n) is 1.46. The predicted molar refractivity (Wildman–Crippen MR) is 66.5 cm³/mol. The van der Waals surface area contributed by atoms with Crippen LogP contribution in [0, 0.1) is 0 Å². The number of nitrogens with zero attached hydrogens (tertiary/aromatic N) is 1. The van der Waals surface area contributed by atoms with E-state index in [1.807, 2.05) is 0 Å². The van der Waals surface area contributed by atoms with Crippen molar-refractivity contribution in [2.45, 2.75) is 18.1 Å². The Morgan fingerprint density at radius 2 is 2.22 bits per heavy atom. The van der Waals surface area contributed by atoms with Crippen molar-refractivity contribution in [3.05, 3.63) is 42.4 Å². The van der Waals surface area contributed by atoms with E-state index in [0.29, 0.717) is 11.3 Å². The zero-order chi connectivity index (χ0) is 13.2. The highest BCUT2D eigenvalue weighted by molar-refractivity contribution is 7.92. The molecule has 2 rings (SSSR count). The van der Waals surface area contributed by atoms with Crippen LogP contribution in [-0.4, -0.2) is 23.5 Å². The van der Waals surface area contributed by atoms with Gasteiger partial charge in [-0.2, -0.15) is 8.42 Å². The normalized spacial score (nSPS) is 13.2. The van der Waals surface area contributed by atoms with Gasteiger partial charge in [0.25, 0.3) is 10.0 Å². The van der Waals surface area contributed by atoms with Crippen LogP contribution >= 0.6 is 0 Å². The summed E-state index contributed by atoms with van der Waals surface area (Å²) in [5.74, 6) is 0. The topological polar surface area (TPSA) is 95.1 Å². The summed E-state index contributed by atoms with van der Waals surface area (Å²) < 4.78 is 26.2. The molecule has 1 heterocycles. The molecule has 0 saturated carbocycles. The van der Waals surface area contributed by atoms with Gasteiger partial charge in [0, 0.05) is 5.69 Å². The molecule has 0 radical (unpaired) electrons. The van der Waals surface area contributed by atoms with Gasteiger partial charge in [-0.05, 0) is 24.6 Å². The monoisotopic (exact) mass is 267 g/mol. The van der Waals surface area contributed by atoms with Crippen LogP contribution < -0.4 is 4.72 Å². The number of anilines is 1. The highest BCUT2D eigenvalue weighted by atomic mass is 32.2. The minimum Gasteiger partial charge on any atom is -0.389 e. The van der Waals surface area contributed by atoms with Crippen molar-refractivity contribution in [1.29, 1.82) is 0 Å². The number of aromatic nitrogens is 2. The van der Waals surface area contributed by atoms with E-state index in [9.17, 15) is 13.5 Å². The summed E-state index contributed by atoms with van der Waals surface area (Å²) in [6.07, 6.45) is 1.86. The van der Waals surface area contributed by atoms with E-state index in [-0.39, 0.29) is 5.03 Å². The number of H-pyrrole nitrogens is 1. The van der Waals surface area contributed by atoms with Crippen molar-refractivity contribution in [2.24, 2.45) is 0 Å². The summed E-state index contributed by atoms with van der Waals surface area (Å²) in [5.41, 5.74) is 1.03. The highest BCUT2D eigenvalue weighted by Crippen LogP contribution is 2.19. The van der Waals surface area contributed by atoms with E-state index in [2.05, 4.69) is 14.7 Å². The third-order valence-electron chi connectivity index (χ3n) is 2.38. The van der Waals surface area contributed by atoms with Gasteiger partial charge in [0.15, 0.2) is 5.03 Å². The first-order chi connectivity index (χ1) is 8.49. The van der Waals surface area contributed by atoms with Gasteiger partial charge in [-0.15, -0.1) is 0 Å². The molecule has 6 nitrogen and oxygen atoms in total. The summed E-state index contributed by atoms with van der Waals surface area (Å²) in [6.45, 7) is 1.61. The second-order valence-corrected chi connectivity index (χ2v) is 5.47. The Hall–Kier alpha value is -1.86.